The summed E-state index contributed by atoms with van der Waals surface area (Å²) < 4.78 is 1.72. The highest BCUT2D eigenvalue weighted by molar-refractivity contribution is 7.19. The van der Waals surface area contributed by atoms with Crippen molar-refractivity contribution in [1.29, 1.82) is 0 Å². The van der Waals surface area contributed by atoms with Crippen molar-refractivity contribution >= 4 is 33.1 Å². The Morgan fingerprint density at radius 3 is 2.88 bits per heavy atom. The lowest BCUT2D eigenvalue weighted by atomic mass is 9.97. The number of amides is 1. The molecule has 7 heteroatoms. The topological polar surface area (TPSA) is 72.2 Å². The zero-order valence-electron chi connectivity index (χ0n) is 14.2. The van der Waals surface area contributed by atoms with Crippen molar-refractivity contribution in [3.05, 3.63) is 22.1 Å². The maximum absolute atomic E-state index is 12.3. The van der Waals surface area contributed by atoms with Crippen molar-refractivity contribution < 1.29 is 4.79 Å². The van der Waals surface area contributed by atoms with Crippen LogP contribution >= 0.6 is 11.3 Å². The van der Waals surface area contributed by atoms with Crippen LogP contribution in [-0.2, 0) is 12.8 Å². The van der Waals surface area contributed by atoms with Gasteiger partial charge >= 0.3 is 0 Å². The molecule has 0 unspecified atom stereocenters. The van der Waals surface area contributed by atoms with Crippen molar-refractivity contribution in [1.82, 2.24) is 24.9 Å². The molecule has 1 N–H and O–H groups in total. The van der Waals surface area contributed by atoms with Crippen LogP contribution in [0, 0.1) is 12.8 Å². The first-order chi connectivity index (χ1) is 11.5. The highest BCUT2D eigenvalue weighted by Crippen LogP contribution is 2.37. The Morgan fingerprint density at radius 2 is 2.08 bits per heavy atom. The molecule has 126 valence electrons. The van der Waals surface area contributed by atoms with Crippen molar-refractivity contribution in [2.75, 3.05) is 6.54 Å². The molecule has 0 saturated carbocycles. The van der Waals surface area contributed by atoms with E-state index in [2.05, 4.69) is 29.2 Å². The van der Waals surface area contributed by atoms with Crippen LogP contribution in [0.2, 0.25) is 0 Å². The summed E-state index contributed by atoms with van der Waals surface area (Å²) in [6, 6.07) is 0. The number of carbonyl (C=O) groups excluding carboxylic acids is 1. The van der Waals surface area contributed by atoms with Gasteiger partial charge in [0.15, 0.2) is 5.65 Å². The van der Waals surface area contributed by atoms with E-state index in [0.29, 0.717) is 12.5 Å². The van der Waals surface area contributed by atoms with Crippen LogP contribution in [0.15, 0.2) is 0 Å². The Hall–Kier alpha value is -2.02. The summed E-state index contributed by atoms with van der Waals surface area (Å²) in [5, 5.41) is 8.39. The third-order valence-electron chi connectivity index (χ3n) is 4.43. The summed E-state index contributed by atoms with van der Waals surface area (Å²) in [6.07, 6.45) is 4.63. The minimum Gasteiger partial charge on any atom is -0.349 e. The van der Waals surface area contributed by atoms with E-state index >= 15 is 0 Å². The maximum atomic E-state index is 12.3. The number of aromatic nitrogens is 4. The van der Waals surface area contributed by atoms with E-state index in [1.54, 1.807) is 15.9 Å². The highest BCUT2D eigenvalue weighted by atomic mass is 32.1. The number of carbonyl (C=O) groups is 1. The Bertz CT molecular complexity index is 940. The van der Waals surface area contributed by atoms with Gasteiger partial charge in [0.2, 0.25) is 5.82 Å². The standard InChI is InChI=1S/C17H21N5OS/c1-9(2)8-18-16(23)14-20-15-13-11-6-4-5-7-12(11)24-17(13)19-10(3)22(15)21-14/h9H,4-8H2,1-3H3,(H,18,23). The van der Waals surface area contributed by atoms with Gasteiger partial charge < -0.3 is 5.32 Å². The van der Waals surface area contributed by atoms with Gasteiger partial charge in [-0.15, -0.1) is 16.4 Å². The van der Waals surface area contributed by atoms with Crippen molar-refractivity contribution in [3.63, 3.8) is 0 Å². The molecule has 24 heavy (non-hydrogen) atoms. The Labute approximate surface area is 144 Å². The van der Waals surface area contributed by atoms with E-state index in [1.165, 1.54) is 23.3 Å². The summed E-state index contributed by atoms with van der Waals surface area (Å²) in [7, 11) is 0. The molecule has 0 saturated heterocycles. The summed E-state index contributed by atoms with van der Waals surface area (Å²) >= 11 is 1.77. The fourth-order valence-electron chi connectivity index (χ4n) is 3.23. The molecule has 1 aliphatic carbocycles. The van der Waals surface area contributed by atoms with Gasteiger partial charge in [0.1, 0.15) is 10.7 Å². The fraction of sp³-hybridized carbons (Fsp3) is 0.529. The average molecular weight is 343 g/mol. The van der Waals surface area contributed by atoms with Gasteiger partial charge in [0.05, 0.1) is 5.39 Å². The second kappa shape index (κ2) is 5.81. The van der Waals surface area contributed by atoms with Gasteiger partial charge in [-0.25, -0.2) is 9.97 Å². The highest BCUT2D eigenvalue weighted by Gasteiger charge is 2.23. The monoisotopic (exact) mass is 343 g/mol. The molecule has 0 aromatic carbocycles. The van der Waals surface area contributed by atoms with Crippen LogP contribution in [0.25, 0.3) is 15.9 Å². The lowest BCUT2D eigenvalue weighted by Gasteiger charge is -2.10. The summed E-state index contributed by atoms with van der Waals surface area (Å²) in [5.41, 5.74) is 2.13. The molecular formula is C17H21N5OS. The number of hydrogen-bond donors (Lipinski definition) is 1. The molecular weight excluding hydrogens is 322 g/mol. The smallest absolute Gasteiger partial charge is 0.291 e. The predicted octanol–water partition coefficient (Wildman–Crippen LogP) is 2.91. The first-order valence-corrected chi connectivity index (χ1v) is 9.32. The second-order valence-corrected chi connectivity index (χ2v) is 7.91. The van der Waals surface area contributed by atoms with E-state index in [4.69, 9.17) is 4.98 Å². The van der Waals surface area contributed by atoms with Gasteiger partial charge in [-0.2, -0.15) is 4.52 Å². The largest absolute Gasteiger partial charge is 0.349 e. The number of rotatable bonds is 3. The number of hydrogen-bond acceptors (Lipinski definition) is 5. The molecule has 0 atom stereocenters. The van der Waals surface area contributed by atoms with Crippen LogP contribution in [0.5, 0.6) is 0 Å². The number of fused-ring (bicyclic) bond motifs is 5. The number of nitrogens with zero attached hydrogens (tertiary/aromatic N) is 4. The van der Waals surface area contributed by atoms with Crippen molar-refractivity contribution in [3.8, 4) is 0 Å². The molecule has 4 rings (SSSR count). The molecule has 3 aromatic rings. The van der Waals surface area contributed by atoms with E-state index in [9.17, 15) is 4.79 Å². The van der Waals surface area contributed by atoms with E-state index in [-0.39, 0.29) is 11.7 Å². The van der Waals surface area contributed by atoms with Crippen LogP contribution in [0.3, 0.4) is 0 Å². The summed E-state index contributed by atoms with van der Waals surface area (Å²) in [6.45, 7) is 6.66. The number of thiophene rings is 1. The third-order valence-corrected chi connectivity index (χ3v) is 5.61. The second-order valence-electron chi connectivity index (χ2n) is 6.82. The molecule has 3 aromatic heterocycles. The Morgan fingerprint density at radius 1 is 1.29 bits per heavy atom. The predicted molar refractivity (Wildman–Crippen MR) is 94.7 cm³/mol. The van der Waals surface area contributed by atoms with Gasteiger partial charge in [-0.1, -0.05) is 13.8 Å². The lowest BCUT2D eigenvalue weighted by Crippen LogP contribution is -2.28. The van der Waals surface area contributed by atoms with Crippen molar-refractivity contribution in [2.24, 2.45) is 5.92 Å². The maximum Gasteiger partial charge on any atom is 0.291 e. The lowest BCUT2D eigenvalue weighted by molar-refractivity contribution is 0.0939. The first kappa shape index (κ1) is 15.5. The number of aryl methyl sites for hydroxylation is 3. The summed E-state index contributed by atoms with van der Waals surface area (Å²) in [4.78, 5) is 24.0. The van der Waals surface area contributed by atoms with Crippen LogP contribution in [0.4, 0.5) is 0 Å². The molecule has 0 spiro atoms. The molecule has 6 nitrogen and oxygen atoms in total. The van der Waals surface area contributed by atoms with Gasteiger partial charge in [-0.05, 0) is 44.1 Å². The van der Waals surface area contributed by atoms with E-state index in [1.807, 2.05) is 6.92 Å². The summed E-state index contributed by atoms with van der Waals surface area (Å²) in [5.74, 6) is 1.17. The Balaban J connectivity index is 1.86. The quantitative estimate of drug-likeness (QED) is 0.794. The first-order valence-electron chi connectivity index (χ1n) is 8.50. The van der Waals surface area contributed by atoms with Gasteiger partial charge in [0, 0.05) is 11.4 Å². The van der Waals surface area contributed by atoms with E-state index in [0.717, 1.165) is 34.5 Å². The molecule has 0 aliphatic heterocycles. The van der Waals surface area contributed by atoms with Crippen LogP contribution in [0.1, 0.15) is 53.6 Å². The molecule has 0 fully saturated rings. The molecule has 1 aliphatic rings. The fourth-order valence-corrected chi connectivity index (χ4v) is 4.53. The molecule has 0 bridgehead atoms. The average Bonchev–Trinajstić information content (AvgIpc) is 3.13. The molecule has 0 radical (unpaired) electrons. The molecule has 1 amide bonds. The van der Waals surface area contributed by atoms with Crippen LogP contribution in [-0.4, -0.2) is 32.0 Å². The molecule has 3 heterocycles. The normalized spacial score (nSPS) is 14.5. The van der Waals surface area contributed by atoms with Crippen LogP contribution < -0.4 is 5.32 Å². The van der Waals surface area contributed by atoms with Gasteiger partial charge in [-0.3, -0.25) is 4.79 Å². The zero-order chi connectivity index (χ0) is 16.8. The SMILES string of the molecule is Cc1nc2sc3c(c2c2nc(C(=O)NCC(C)C)nn12)CCCC3. The number of nitrogens with one attached hydrogen (secondary N) is 1. The minimum atomic E-state index is -0.218. The zero-order valence-corrected chi connectivity index (χ0v) is 15.0. The third kappa shape index (κ3) is 2.47. The van der Waals surface area contributed by atoms with Gasteiger partial charge in [0.25, 0.3) is 5.91 Å². The van der Waals surface area contributed by atoms with E-state index < -0.39 is 0 Å². The Kier molecular flexibility index (Phi) is 3.75. The van der Waals surface area contributed by atoms with Crippen molar-refractivity contribution in [2.45, 2.75) is 46.5 Å². The minimum absolute atomic E-state index is 0.218.